The van der Waals surface area contributed by atoms with Crippen molar-refractivity contribution >= 4 is 11.6 Å². The van der Waals surface area contributed by atoms with E-state index >= 15 is 0 Å². The molecular formula is C14H20N2O. The second-order valence-electron chi connectivity index (χ2n) is 4.63. The van der Waals surface area contributed by atoms with Crippen LogP contribution in [0, 0.1) is 5.92 Å². The minimum Gasteiger partial charge on any atom is -0.384 e. The second-order valence-corrected chi connectivity index (χ2v) is 4.63. The molecule has 2 N–H and O–H groups in total. The van der Waals surface area contributed by atoms with Crippen molar-refractivity contribution in [2.75, 3.05) is 18.4 Å². The number of amides is 1. The SMILES string of the molecule is CCCNc1ccccc1C(=O)NCC1CC1. The molecule has 0 atom stereocenters. The molecule has 0 heterocycles. The predicted octanol–water partition coefficient (Wildman–Crippen LogP) is 2.65. The van der Waals surface area contributed by atoms with Gasteiger partial charge in [0, 0.05) is 18.8 Å². The monoisotopic (exact) mass is 232 g/mol. The van der Waals surface area contributed by atoms with Crippen molar-refractivity contribution in [1.29, 1.82) is 0 Å². The number of para-hydroxylation sites is 1. The lowest BCUT2D eigenvalue weighted by molar-refractivity contribution is 0.0952. The first kappa shape index (κ1) is 12.0. The molecule has 3 heteroatoms. The molecule has 0 aliphatic heterocycles. The Morgan fingerprint density at radius 3 is 2.82 bits per heavy atom. The molecule has 3 nitrogen and oxygen atoms in total. The maximum atomic E-state index is 12.0. The molecule has 1 amide bonds. The normalized spacial score (nSPS) is 14.4. The van der Waals surface area contributed by atoms with Crippen LogP contribution in [0.1, 0.15) is 36.5 Å². The fourth-order valence-electron chi connectivity index (χ4n) is 1.75. The highest BCUT2D eigenvalue weighted by Gasteiger charge is 2.22. The van der Waals surface area contributed by atoms with Crippen molar-refractivity contribution in [2.45, 2.75) is 26.2 Å². The van der Waals surface area contributed by atoms with Crippen LogP contribution in [-0.4, -0.2) is 19.0 Å². The van der Waals surface area contributed by atoms with E-state index in [4.69, 9.17) is 0 Å². The number of carbonyl (C=O) groups is 1. The minimum atomic E-state index is 0.0381. The summed E-state index contributed by atoms with van der Waals surface area (Å²) in [6.07, 6.45) is 3.57. The van der Waals surface area contributed by atoms with Gasteiger partial charge in [-0.05, 0) is 37.3 Å². The number of anilines is 1. The first-order chi connectivity index (χ1) is 8.31. The first-order valence-corrected chi connectivity index (χ1v) is 6.42. The average Bonchev–Trinajstić information content (AvgIpc) is 3.18. The fraction of sp³-hybridized carbons (Fsp3) is 0.500. The summed E-state index contributed by atoms with van der Waals surface area (Å²) in [6, 6.07) is 7.70. The van der Waals surface area contributed by atoms with Crippen molar-refractivity contribution < 1.29 is 4.79 Å². The number of rotatable bonds is 6. The summed E-state index contributed by atoms with van der Waals surface area (Å²) in [5, 5.41) is 6.29. The number of carbonyl (C=O) groups excluding carboxylic acids is 1. The van der Waals surface area contributed by atoms with E-state index < -0.39 is 0 Å². The highest BCUT2D eigenvalue weighted by Crippen LogP contribution is 2.27. The Morgan fingerprint density at radius 1 is 1.35 bits per heavy atom. The second kappa shape index (κ2) is 5.71. The van der Waals surface area contributed by atoms with E-state index in [9.17, 15) is 4.79 Å². The van der Waals surface area contributed by atoms with E-state index in [0.29, 0.717) is 0 Å². The molecule has 0 spiro atoms. The third-order valence-corrected chi connectivity index (χ3v) is 2.99. The molecule has 0 aromatic heterocycles. The molecule has 1 aliphatic rings. The third kappa shape index (κ3) is 3.48. The molecular weight excluding hydrogens is 212 g/mol. The van der Waals surface area contributed by atoms with Gasteiger partial charge in [0.1, 0.15) is 0 Å². The van der Waals surface area contributed by atoms with Crippen molar-refractivity contribution in [2.24, 2.45) is 5.92 Å². The number of hydrogen-bond donors (Lipinski definition) is 2. The topological polar surface area (TPSA) is 41.1 Å². The van der Waals surface area contributed by atoms with Crippen LogP contribution in [0.5, 0.6) is 0 Å². The Hall–Kier alpha value is -1.51. The quantitative estimate of drug-likeness (QED) is 0.791. The lowest BCUT2D eigenvalue weighted by atomic mass is 10.1. The Balaban J connectivity index is 1.98. The van der Waals surface area contributed by atoms with Crippen molar-refractivity contribution in [3.05, 3.63) is 29.8 Å². The van der Waals surface area contributed by atoms with Crippen LogP contribution in [0.25, 0.3) is 0 Å². The van der Waals surface area contributed by atoms with E-state index in [-0.39, 0.29) is 5.91 Å². The van der Waals surface area contributed by atoms with E-state index in [0.717, 1.165) is 36.7 Å². The van der Waals surface area contributed by atoms with Crippen LogP contribution in [0.3, 0.4) is 0 Å². The molecule has 0 unspecified atom stereocenters. The smallest absolute Gasteiger partial charge is 0.253 e. The van der Waals surface area contributed by atoms with Gasteiger partial charge in [-0.1, -0.05) is 19.1 Å². The summed E-state index contributed by atoms with van der Waals surface area (Å²) in [4.78, 5) is 12.0. The van der Waals surface area contributed by atoms with E-state index in [2.05, 4.69) is 17.6 Å². The van der Waals surface area contributed by atoms with Gasteiger partial charge < -0.3 is 10.6 Å². The molecule has 17 heavy (non-hydrogen) atoms. The maximum Gasteiger partial charge on any atom is 0.253 e. The highest BCUT2D eigenvalue weighted by atomic mass is 16.1. The van der Waals surface area contributed by atoms with Crippen molar-refractivity contribution in [3.63, 3.8) is 0 Å². The number of benzene rings is 1. The Bertz CT molecular complexity index is 386. The molecule has 1 aromatic carbocycles. The molecule has 0 radical (unpaired) electrons. The lowest BCUT2D eigenvalue weighted by Gasteiger charge is -2.11. The van der Waals surface area contributed by atoms with Gasteiger partial charge in [0.25, 0.3) is 5.91 Å². The van der Waals surface area contributed by atoms with Crippen LogP contribution in [0.15, 0.2) is 24.3 Å². The molecule has 0 bridgehead atoms. The minimum absolute atomic E-state index is 0.0381. The third-order valence-electron chi connectivity index (χ3n) is 2.99. The van der Waals surface area contributed by atoms with Gasteiger partial charge in [-0.3, -0.25) is 4.79 Å². The number of nitrogens with one attached hydrogen (secondary N) is 2. The van der Waals surface area contributed by atoms with Crippen LogP contribution in [0.2, 0.25) is 0 Å². The van der Waals surface area contributed by atoms with Crippen LogP contribution in [-0.2, 0) is 0 Å². The summed E-state index contributed by atoms with van der Waals surface area (Å²) in [7, 11) is 0. The fourth-order valence-corrected chi connectivity index (χ4v) is 1.75. The molecule has 1 aliphatic carbocycles. The van der Waals surface area contributed by atoms with Gasteiger partial charge in [-0.2, -0.15) is 0 Å². The maximum absolute atomic E-state index is 12.0. The van der Waals surface area contributed by atoms with Gasteiger partial charge in [0.15, 0.2) is 0 Å². The average molecular weight is 232 g/mol. The molecule has 0 saturated heterocycles. The zero-order chi connectivity index (χ0) is 12.1. The van der Waals surface area contributed by atoms with Crippen molar-refractivity contribution in [1.82, 2.24) is 5.32 Å². The first-order valence-electron chi connectivity index (χ1n) is 6.42. The Labute approximate surface area is 103 Å². The Morgan fingerprint density at radius 2 is 2.12 bits per heavy atom. The zero-order valence-electron chi connectivity index (χ0n) is 10.3. The zero-order valence-corrected chi connectivity index (χ0v) is 10.3. The Kier molecular flexibility index (Phi) is 4.02. The van der Waals surface area contributed by atoms with E-state index in [1.165, 1.54) is 12.8 Å². The lowest BCUT2D eigenvalue weighted by Crippen LogP contribution is -2.26. The molecule has 92 valence electrons. The van der Waals surface area contributed by atoms with E-state index in [1.54, 1.807) is 0 Å². The highest BCUT2D eigenvalue weighted by molar-refractivity contribution is 5.99. The molecule has 2 rings (SSSR count). The standard InChI is InChI=1S/C14H20N2O/c1-2-9-15-13-6-4-3-5-12(13)14(17)16-10-11-7-8-11/h3-6,11,15H,2,7-10H2,1H3,(H,16,17). The van der Waals surface area contributed by atoms with Crippen molar-refractivity contribution in [3.8, 4) is 0 Å². The predicted molar refractivity (Wildman–Crippen MR) is 70.3 cm³/mol. The van der Waals surface area contributed by atoms with Gasteiger partial charge in [0.05, 0.1) is 5.56 Å². The largest absolute Gasteiger partial charge is 0.384 e. The molecule has 1 saturated carbocycles. The van der Waals surface area contributed by atoms with Gasteiger partial charge in [-0.15, -0.1) is 0 Å². The summed E-state index contributed by atoms with van der Waals surface area (Å²) >= 11 is 0. The summed E-state index contributed by atoms with van der Waals surface area (Å²) < 4.78 is 0. The molecule has 1 fully saturated rings. The molecule has 1 aromatic rings. The van der Waals surface area contributed by atoms with Gasteiger partial charge >= 0.3 is 0 Å². The van der Waals surface area contributed by atoms with Crippen LogP contribution >= 0.6 is 0 Å². The summed E-state index contributed by atoms with van der Waals surface area (Å²) in [5.74, 6) is 0.755. The van der Waals surface area contributed by atoms with E-state index in [1.807, 2.05) is 24.3 Å². The van der Waals surface area contributed by atoms with Crippen LogP contribution in [0.4, 0.5) is 5.69 Å². The van der Waals surface area contributed by atoms with Crippen LogP contribution < -0.4 is 10.6 Å². The van der Waals surface area contributed by atoms with Gasteiger partial charge in [0.2, 0.25) is 0 Å². The summed E-state index contributed by atoms with van der Waals surface area (Å²) in [5.41, 5.74) is 1.68. The summed E-state index contributed by atoms with van der Waals surface area (Å²) in [6.45, 7) is 3.83. The van der Waals surface area contributed by atoms with Gasteiger partial charge in [-0.25, -0.2) is 0 Å². The number of hydrogen-bond acceptors (Lipinski definition) is 2.